The molecule has 2 aliphatic rings. The van der Waals surface area contributed by atoms with Crippen molar-refractivity contribution in [3.05, 3.63) is 75.6 Å². The highest BCUT2D eigenvalue weighted by atomic mass is 35.5. The molecule has 6 nitrogen and oxygen atoms in total. The van der Waals surface area contributed by atoms with E-state index in [1.54, 1.807) is 50.2 Å². The zero-order valence-electron chi connectivity index (χ0n) is 21.6. The van der Waals surface area contributed by atoms with Crippen LogP contribution in [0.1, 0.15) is 54.5 Å². The fraction of sp³-hybridized carbons (Fsp3) is 0.345. The maximum atomic E-state index is 15.4. The third-order valence-corrected chi connectivity index (χ3v) is 9.13. The van der Waals surface area contributed by atoms with Crippen LogP contribution in [0.2, 0.25) is 5.02 Å². The smallest absolute Gasteiger partial charge is 0.337 e. The number of sulfonamides is 1. The second-order valence-corrected chi connectivity index (χ2v) is 12.8. The topological polar surface area (TPSA) is 83.9 Å². The number of benzene rings is 3. The lowest BCUT2D eigenvalue weighted by atomic mass is 9.79. The lowest BCUT2D eigenvalue weighted by Gasteiger charge is -2.42. The van der Waals surface area contributed by atoms with Crippen LogP contribution < -0.4 is 4.31 Å². The van der Waals surface area contributed by atoms with Crippen molar-refractivity contribution in [3.63, 3.8) is 0 Å². The molecule has 0 unspecified atom stereocenters. The lowest BCUT2D eigenvalue weighted by molar-refractivity contribution is -0.174. The van der Waals surface area contributed by atoms with Crippen LogP contribution in [0.5, 0.6) is 0 Å². The summed E-state index contributed by atoms with van der Waals surface area (Å²) in [4.78, 5) is 12.8. The predicted octanol–water partition coefficient (Wildman–Crippen LogP) is 6.79. The molecule has 1 aliphatic carbocycles. The van der Waals surface area contributed by atoms with Crippen LogP contribution in [-0.2, 0) is 26.1 Å². The average Bonchev–Trinajstić information content (AvgIpc) is 2.83. The summed E-state index contributed by atoms with van der Waals surface area (Å²) in [6, 6.07) is 11.6. The van der Waals surface area contributed by atoms with Gasteiger partial charge in [-0.2, -0.15) is 0 Å². The lowest BCUT2D eigenvalue weighted by Crippen LogP contribution is -2.40. The molecule has 1 N–H and O–H groups in total. The summed E-state index contributed by atoms with van der Waals surface area (Å²) >= 11 is 6.17. The van der Waals surface area contributed by atoms with Gasteiger partial charge in [-0.1, -0.05) is 35.9 Å². The van der Waals surface area contributed by atoms with Gasteiger partial charge in [-0.05, 0) is 86.1 Å². The van der Waals surface area contributed by atoms with E-state index < -0.39 is 33.5 Å². The van der Waals surface area contributed by atoms with E-state index in [2.05, 4.69) is 0 Å². The average molecular weight is 558 g/mol. The van der Waals surface area contributed by atoms with E-state index in [1.807, 2.05) is 6.92 Å². The molecule has 3 aromatic rings. The summed E-state index contributed by atoms with van der Waals surface area (Å²) in [6.45, 7) is 5.30. The van der Waals surface area contributed by atoms with Crippen molar-refractivity contribution < 1.29 is 27.4 Å². The number of aliphatic carboxylic acids is 1. The monoisotopic (exact) mass is 557 g/mol. The minimum absolute atomic E-state index is 0.0603. The molecule has 0 spiro atoms. The molecule has 0 saturated heterocycles. The minimum Gasteiger partial charge on any atom is -0.479 e. The first-order valence-electron chi connectivity index (χ1n) is 12.4. The van der Waals surface area contributed by atoms with E-state index in [-0.39, 0.29) is 12.2 Å². The summed E-state index contributed by atoms with van der Waals surface area (Å²) in [5.74, 6) is -1.65. The second-order valence-electron chi connectivity index (χ2n) is 10.5. The molecule has 0 amide bonds. The van der Waals surface area contributed by atoms with Gasteiger partial charge in [0.25, 0.3) is 0 Å². The van der Waals surface area contributed by atoms with Gasteiger partial charge in [0.1, 0.15) is 5.82 Å². The number of carboxylic acid groups (broad SMARTS) is 1. The molecule has 5 rings (SSSR count). The molecule has 1 aliphatic heterocycles. The van der Waals surface area contributed by atoms with Crippen LogP contribution in [0.3, 0.4) is 0 Å². The Balaban J connectivity index is 1.92. The molecule has 200 valence electrons. The Labute approximate surface area is 227 Å². The first-order valence-corrected chi connectivity index (χ1v) is 14.6. The molecule has 0 radical (unpaired) electrons. The molecule has 1 atom stereocenters. The van der Waals surface area contributed by atoms with Crippen LogP contribution in [0, 0.1) is 19.7 Å². The number of halogens is 2. The number of rotatable bonds is 6. The third-order valence-electron chi connectivity index (χ3n) is 7.76. The highest BCUT2D eigenvalue weighted by Crippen LogP contribution is 2.52. The molecule has 3 aromatic carbocycles. The SMILES string of the molecule is Cc1c(-c2ccc(Cl)cc2)c([C@H](OC2(C)CCC2)C(=O)O)c(C)c2c1-c1c(F)cccc1CN2S(C)(=O)=O. The van der Waals surface area contributed by atoms with E-state index >= 15 is 4.39 Å². The van der Waals surface area contributed by atoms with Crippen molar-refractivity contribution >= 4 is 33.3 Å². The van der Waals surface area contributed by atoms with Crippen molar-refractivity contribution in [3.8, 4) is 22.3 Å². The Morgan fingerprint density at radius 3 is 2.29 bits per heavy atom. The van der Waals surface area contributed by atoms with Crippen molar-refractivity contribution in [1.82, 2.24) is 0 Å². The standard InChI is InChI=1S/C29H29ClFNO5S/c1-16-22(18-9-11-20(30)12-10-18)24(27(28(33)34)37-29(3)13-6-14-29)17(2)26-23(16)25-19(7-5-8-21(25)31)15-32(26)38(4,35)36/h5,7-12,27H,6,13-15H2,1-4H3,(H,33,34)/t27-/m0/s1. The number of hydrogen-bond acceptors (Lipinski definition) is 4. The molecule has 1 saturated carbocycles. The summed E-state index contributed by atoms with van der Waals surface area (Å²) in [5.41, 5.74) is 3.56. The number of carbonyl (C=O) groups is 1. The molecular weight excluding hydrogens is 529 g/mol. The quantitative estimate of drug-likeness (QED) is 0.360. The van der Waals surface area contributed by atoms with E-state index in [0.717, 1.165) is 25.5 Å². The van der Waals surface area contributed by atoms with Crippen LogP contribution in [0.15, 0.2) is 42.5 Å². The van der Waals surface area contributed by atoms with Gasteiger partial charge in [0.15, 0.2) is 6.10 Å². The van der Waals surface area contributed by atoms with E-state index in [0.29, 0.717) is 49.5 Å². The maximum Gasteiger partial charge on any atom is 0.337 e. The van der Waals surface area contributed by atoms with E-state index in [1.165, 1.54) is 10.4 Å². The summed E-state index contributed by atoms with van der Waals surface area (Å²) in [6.07, 6.45) is 2.13. The number of hydrogen-bond donors (Lipinski definition) is 1. The van der Waals surface area contributed by atoms with Gasteiger partial charge in [0, 0.05) is 21.7 Å². The molecule has 0 bridgehead atoms. The number of fused-ring (bicyclic) bond motifs is 3. The Morgan fingerprint density at radius 2 is 1.74 bits per heavy atom. The fourth-order valence-corrected chi connectivity index (χ4v) is 6.81. The Hall–Kier alpha value is -2.94. The van der Waals surface area contributed by atoms with Crippen molar-refractivity contribution in [2.45, 2.75) is 58.3 Å². The van der Waals surface area contributed by atoms with Crippen molar-refractivity contribution in [1.29, 1.82) is 0 Å². The van der Waals surface area contributed by atoms with Gasteiger partial charge in [-0.3, -0.25) is 4.31 Å². The Morgan fingerprint density at radius 1 is 1.08 bits per heavy atom. The molecular formula is C29H29ClFNO5S. The second kappa shape index (κ2) is 9.36. The van der Waals surface area contributed by atoms with Gasteiger partial charge >= 0.3 is 5.97 Å². The van der Waals surface area contributed by atoms with E-state index in [9.17, 15) is 18.3 Å². The Kier molecular flexibility index (Phi) is 6.57. The fourth-order valence-electron chi connectivity index (χ4n) is 5.75. The van der Waals surface area contributed by atoms with Crippen LogP contribution >= 0.6 is 11.6 Å². The molecule has 0 aromatic heterocycles. The first-order chi connectivity index (χ1) is 17.8. The van der Waals surface area contributed by atoms with E-state index in [4.69, 9.17) is 16.3 Å². The number of anilines is 1. The maximum absolute atomic E-state index is 15.4. The summed E-state index contributed by atoms with van der Waals surface area (Å²) < 4.78 is 49.1. The normalized spacial score (nSPS) is 16.8. The Bertz CT molecular complexity index is 1570. The van der Waals surface area contributed by atoms with Crippen molar-refractivity contribution in [2.75, 3.05) is 10.6 Å². The van der Waals surface area contributed by atoms with Crippen LogP contribution in [-0.4, -0.2) is 31.4 Å². The highest BCUT2D eigenvalue weighted by molar-refractivity contribution is 7.92. The van der Waals surface area contributed by atoms with Gasteiger partial charge in [-0.15, -0.1) is 0 Å². The first kappa shape index (κ1) is 26.7. The summed E-state index contributed by atoms with van der Waals surface area (Å²) in [7, 11) is -3.80. The van der Waals surface area contributed by atoms with Gasteiger partial charge < -0.3 is 9.84 Å². The zero-order chi connectivity index (χ0) is 27.6. The molecule has 38 heavy (non-hydrogen) atoms. The highest BCUT2D eigenvalue weighted by Gasteiger charge is 2.42. The van der Waals surface area contributed by atoms with Crippen LogP contribution in [0.4, 0.5) is 10.1 Å². The molecule has 1 fully saturated rings. The molecule has 1 heterocycles. The van der Waals surface area contributed by atoms with Gasteiger partial charge in [0.2, 0.25) is 10.0 Å². The van der Waals surface area contributed by atoms with Crippen molar-refractivity contribution in [2.24, 2.45) is 0 Å². The minimum atomic E-state index is -3.80. The molecule has 9 heteroatoms. The third kappa shape index (κ3) is 4.38. The van der Waals surface area contributed by atoms with Gasteiger partial charge in [0.05, 0.1) is 24.1 Å². The number of carboxylic acids is 1. The van der Waals surface area contributed by atoms with Crippen LogP contribution in [0.25, 0.3) is 22.3 Å². The summed E-state index contributed by atoms with van der Waals surface area (Å²) in [5, 5.41) is 10.9. The zero-order valence-corrected chi connectivity index (χ0v) is 23.2. The largest absolute Gasteiger partial charge is 0.479 e. The van der Waals surface area contributed by atoms with Gasteiger partial charge in [-0.25, -0.2) is 17.6 Å². The predicted molar refractivity (Wildman–Crippen MR) is 147 cm³/mol. The number of nitrogens with zero attached hydrogens (tertiary/aromatic N) is 1. The number of ether oxygens (including phenoxy) is 1.